The normalized spacial score (nSPS) is 16.5. The van der Waals surface area contributed by atoms with Gasteiger partial charge >= 0.3 is 42.5 Å². The number of hydrogen-bond acceptors (Lipinski definition) is 17. The van der Waals surface area contributed by atoms with Gasteiger partial charge in [0.25, 0.3) is 0 Å². The van der Waals surface area contributed by atoms with Gasteiger partial charge in [0, 0.05) is 86.6 Å². The van der Waals surface area contributed by atoms with Crippen LogP contribution in [0.15, 0.2) is 119 Å². The van der Waals surface area contributed by atoms with Gasteiger partial charge in [0.2, 0.25) is 41.1 Å². The molecular weight excluding hydrogens is 1620 g/mol. The Hall–Kier alpha value is -11.8. The van der Waals surface area contributed by atoms with Crippen LogP contribution in [-0.4, -0.2) is 214 Å². The number of phenols is 1. The van der Waals surface area contributed by atoms with Crippen molar-refractivity contribution in [3.63, 3.8) is 0 Å². The summed E-state index contributed by atoms with van der Waals surface area (Å²) in [6.07, 6.45) is 1.56. The maximum absolute atomic E-state index is 14.5. The number of carbonyl (C=O) groups excluding carboxylic acids is 8. The number of unbranched alkanes of at least 4 members (excludes halogenated alkanes) is 3. The maximum Gasteiger partial charge on any atom is 0.490 e. The number of anilines is 1. The number of likely N-dealkylation sites (tertiary alicyclic amines) is 1. The molecule has 7 atom stereocenters. The molecule has 6 rings (SSSR count). The molecular formula is C81H113F9N16O16. The Morgan fingerprint density at radius 2 is 1.22 bits per heavy atom. The molecule has 0 bridgehead atoms. The summed E-state index contributed by atoms with van der Waals surface area (Å²) in [5.74, 6) is -13.9. The van der Waals surface area contributed by atoms with E-state index in [4.69, 9.17) is 52.6 Å². The van der Waals surface area contributed by atoms with Crippen molar-refractivity contribution in [2.45, 2.75) is 217 Å². The van der Waals surface area contributed by atoms with Gasteiger partial charge < -0.3 is 95.0 Å². The molecule has 0 spiro atoms. The van der Waals surface area contributed by atoms with Gasteiger partial charge in [-0.3, -0.25) is 44.1 Å². The highest BCUT2D eigenvalue weighted by atomic mass is 19.4. The second-order valence-corrected chi connectivity index (χ2v) is 30.4. The van der Waals surface area contributed by atoms with Crippen LogP contribution in [0.5, 0.6) is 5.75 Å². The van der Waals surface area contributed by atoms with Crippen molar-refractivity contribution in [3.05, 3.63) is 126 Å². The number of allylic oxidation sites excluding steroid dienone is 6. The van der Waals surface area contributed by atoms with E-state index in [-0.39, 0.29) is 105 Å². The Labute approximate surface area is 700 Å². The molecule has 32 nitrogen and oxygen atoms in total. The summed E-state index contributed by atoms with van der Waals surface area (Å²) in [6.45, 7) is 18.3. The van der Waals surface area contributed by atoms with Crippen molar-refractivity contribution >= 4 is 94.4 Å². The highest BCUT2D eigenvalue weighted by molar-refractivity contribution is 6.03. The second kappa shape index (κ2) is 49.2. The minimum Gasteiger partial charge on any atom is -0.542 e. The van der Waals surface area contributed by atoms with E-state index in [2.05, 4.69) is 170 Å². The van der Waals surface area contributed by atoms with Gasteiger partial charge in [0.05, 0.1) is 11.5 Å². The number of aromatic hydroxyl groups is 1. The van der Waals surface area contributed by atoms with Crippen LogP contribution >= 0.6 is 0 Å². The quantitative estimate of drug-likeness (QED) is 0.00743. The van der Waals surface area contributed by atoms with Crippen LogP contribution in [0, 0.1) is 11.8 Å². The Morgan fingerprint density at radius 1 is 0.656 bits per heavy atom. The molecule has 1 saturated heterocycles. The SMILES string of the molecule is CC[C@H](C)[C@H](NC(=O)[C@H](Cc1ccc(O)cc1)NC(=O)[C@@H]1CCCN1C(=O)[C@H](CCCN=C(N)N)NC(=O)[C@@H](N)CCCN=C(N)NC(=O)NCCCCNC(=O)CCCCCN1/C(=C/C=C/C=C/C2=[N+](C)c3ccccc3C2(C)C)C(C)(C)c2ccccc21)C(=O)N[C@@H](CC(C)C)C(=O)O.O=C(O)C(F)(F)F.O=C(O)C(F)(F)F.O=C([O-])C(F)(F)F. The molecule has 3 aliphatic rings. The smallest absolute Gasteiger partial charge is 0.490 e. The number of halogens is 9. The summed E-state index contributed by atoms with van der Waals surface area (Å²) in [6, 6.07) is 15.6. The number of nitrogens with one attached hydrogen (secondary N) is 7. The molecule has 122 heavy (non-hydrogen) atoms. The Bertz CT molecular complexity index is 4180. The number of benzene rings is 3. The zero-order valence-electron chi connectivity index (χ0n) is 69.4. The predicted octanol–water partition coefficient (Wildman–Crippen LogP) is 6.34. The number of rotatable bonds is 38. The molecule has 0 aromatic heterocycles. The molecule has 0 unspecified atom stereocenters. The molecule has 0 radical (unpaired) electrons. The van der Waals surface area contributed by atoms with Crippen LogP contribution in [0.1, 0.15) is 162 Å². The first kappa shape index (κ1) is 104. The van der Waals surface area contributed by atoms with Crippen molar-refractivity contribution in [2.75, 3.05) is 51.2 Å². The number of nitrogens with two attached hydrogens (primary N) is 4. The maximum atomic E-state index is 14.5. The van der Waals surface area contributed by atoms with E-state index >= 15 is 0 Å². The number of hydrogen-bond donors (Lipinski definition) is 15. The third-order valence-corrected chi connectivity index (χ3v) is 19.7. The zero-order chi connectivity index (χ0) is 92.2. The number of fused-ring (bicyclic) bond motifs is 2. The minimum absolute atomic E-state index is 0.0102. The zero-order valence-corrected chi connectivity index (χ0v) is 69.4. The van der Waals surface area contributed by atoms with E-state index < -0.39 is 120 Å². The number of aliphatic carboxylic acids is 4. The first-order valence-electron chi connectivity index (χ1n) is 39.3. The number of urea groups is 1. The average molecular weight is 1740 g/mol. The van der Waals surface area contributed by atoms with Gasteiger partial charge in [-0.1, -0.05) is 121 Å². The number of nitrogens with zero attached hydrogens (tertiary/aromatic N) is 5. The molecule has 3 aromatic carbocycles. The molecule has 8 amide bonds. The van der Waals surface area contributed by atoms with Gasteiger partial charge in [0.15, 0.2) is 17.6 Å². The van der Waals surface area contributed by atoms with Crippen LogP contribution in [0.2, 0.25) is 0 Å². The fourth-order valence-corrected chi connectivity index (χ4v) is 13.2. The number of carboxylic acids is 4. The number of aliphatic imine (C=N–C) groups is 2. The minimum atomic E-state index is -5.19. The number of carbonyl (C=O) groups is 11. The lowest BCUT2D eigenvalue weighted by molar-refractivity contribution is -0.401. The molecule has 19 N–H and O–H groups in total. The Kier molecular flexibility index (Phi) is 42.1. The first-order valence-corrected chi connectivity index (χ1v) is 39.3. The summed E-state index contributed by atoms with van der Waals surface area (Å²) in [5, 5.41) is 62.0. The van der Waals surface area contributed by atoms with Crippen LogP contribution < -0.4 is 70.2 Å². The summed E-state index contributed by atoms with van der Waals surface area (Å²) in [5.41, 5.74) is 31.3. The third kappa shape index (κ3) is 34.7. The number of para-hydroxylation sites is 2. The van der Waals surface area contributed by atoms with Crippen molar-refractivity contribution in [1.82, 2.24) is 42.1 Å². The van der Waals surface area contributed by atoms with Crippen molar-refractivity contribution in [3.8, 4) is 5.75 Å². The van der Waals surface area contributed by atoms with Gasteiger partial charge in [-0.25, -0.2) is 19.2 Å². The van der Waals surface area contributed by atoms with Crippen LogP contribution in [-0.2, 0) is 65.2 Å². The van der Waals surface area contributed by atoms with Crippen LogP contribution in [0.4, 0.5) is 55.7 Å². The van der Waals surface area contributed by atoms with Crippen LogP contribution in [0.25, 0.3) is 0 Å². The standard InChI is InChI=1S/C75H110N16O10.3C2HF3O2/c1-10-49(4)64(68(97)86-57(70(99)100)46-48(2)3)87-66(95)56(47-50-36-38-51(92)39-37-50)85-67(96)60-32-25-45-91(60)69(98)55(29-24-42-81-71(77)78)84-65(94)54(76)28-23-43-82-72(79)88-73(101)83-41-21-20-40-80-63(93)35-15-12-22-44-90-59-31-19-17-27-53(59)75(7,8)62(90)34-14-11-13-33-61-74(5,6)52-26-16-18-30-58(52)89(61)9;3*3-2(4,5)1(6)7/h11,13-14,16-19,26-27,30-31,33-34,36-39,48-49,54-57,60,64H,10,12,15,20-25,28-29,32,35,40-47,76H2,1-9H3,(H14-,77,78,79,80,81,82,83,84,85,86,87,88,92,93,94,95,96,97,99,100,101);3*(H,6,7)/t49-,54-,55-,56-,57-,60-,64-;;;/m0.../s1. The number of amides is 8. The molecule has 3 aromatic rings. The highest BCUT2D eigenvalue weighted by Gasteiger charge is 2.45. The van der Waals surface area contributed by atoms with Gasteiger partial charge in [-0.2, -0.15) is 44.1 Å². The third-order valence-electron chi connectivity index (χ3n) is 19.7. The van der Waals surface area contributed by atoms with Crippen molar-refractivity contribution in [1.29, 1.82) is 0 Å². The summed E-state index contributed by atoms with van der Waals surface area (Å²) < 4.78 is 97.3. The largest absolute Gasteiger partial charge is 0.542 e. The van der Waals surface area contributed by atoms with Crippen LogP contribution in [0.3, 0.4) is 0 Å². The number of phenolic OH excluding ortho intramolecular Hbond substituents is 1. The van der Waals surface area contributed by atoms with E-state index in [0.29, 0.717) is 50.8 Å². The molecule has 41 heteroatoms. The Balaban J connectivity index is 0.00000161. The van der Waals surface area contributed by atoms with E-state index in [0.717, 1.165) is 25.8 Å². The number of carboxylic acid groups (broad SMARTS) is 4. The van der Waals surface area contributed by atoms with Gasteiger partial charge in [0.1, 0.15) is 49.0 Å². The topological polar surface area (TPSA) is 514 Å². The van der Waals surface area contributed by atoms with E-state index in [9.17, 15) is 88.1 Å². The van der Waals surface area contributed by atoms with Gasteiger partial charge in [-0.15, -0.1) is 0 Å². The summed E-state index contributed by atoms with van der Waals surface area (Å²) >= 11 is 0. The van der Waals surface area contributed by atoms with Crippen molar-refractivity contribution in [2.24, 2.45) is 44.8 Å². The molecule has 0 saturated carbocycles. The predicted molar refractivity (Wildman–Crippen MR) is 434 cm³/mol. The fourth-order valence-electron chi connectivity index (χ4n) is 13.2. The van der Waals surface area contributed by atoms with E-state index in [1.807, 2.05) is 20.8 Å². The highest BCUT2D eigenvalue weighted by Crippen LogP contribution is 2.48. The molecule has 1 fully saturated rings. The van der Waals surface area contributed by atoms with Gasteiger partial charge in [-0.05, 0) is 132 Å². The lowest BCUT2D eigenvalue weighted by Gasteiger charge is -2.31. The monoisotopic (exact) mass is 1740 g/mol. The van der Waals surface area contributed by atoms with E-state index in [1.54, 1.807) is 19.1 Å². The van der Waals surface area contributed by atoms with E-state index in [1.165, 1.54) is 50.9 Å². The lowest BCUT2D eigenvalue weighted by atomic mass is 9.81. The first-order chi connectivity index (χ1) is 56.9. The fraction of sp³-hybridized carbons (Fsp3) is 0.531. The molecule has 676 valence electrons. The summed E-state index contributed by atoms with van der Waals surface area (Å²) in [4.78, 5) is 147. The number of alkyl halides is 9. The molecule has 3 aliphatic heterocycles. The average Bonchev–Trinajstić information content (AvgIpc) is 1.61. The Morgan fingerprint density at radius 3 is 1.79 bits per heavy atom. The molecule has 0 aliphatic carbocycles. The summed E-state index contributed by atoms with van der Waals surface area (Å²) in [7, 11) is 2.13. The second-order valence-electron chi connectivity index (χ2n) is 30.4. The molecule has 3 heterocycles. The van der Waals surface area contributed by atoms with Crippen molar-refractivity contribution < 1.29 is 122 Å². The lowest BCUT2D eigenvalue weighted by Crippen LogP contribution is -2.60. The number of guanidine groups is 2.